The highest BCUT2D eigenvalue weighted by Gasteiger charge is 2.27. The number of carbonyl (C=O) groups is 2. The maximum Gasteiger partial charge on any atom is 0.246 e. The zero-order chi connectivity index (χ0) is 18.5. The van der Waals surface area contributed by atoms with Crippen LogP contribution in [-0.4, -0.2) is 34.8 Å². The van der Waals surface area contributed by atoms with Crippen LogP contribution in [0, 0.1) is 12.8 Å². The lowest BCUT2D eigenvalue weighted by atomic mass is 9.95. The van der Waals surface area contributed by atoms with Crippen LogP contribution in [0.3, 0.4) is 0 Å². The molecule has 6 heteroatoms. The van der Waals surface area contributed by atoms with E-state index in [1.165, 1.54) is 11.3 Å². The van der Waals surface area contributed by atoms with Gasteiger partial charge in [-0.05, 0) is 37.8 Å². The predicted molar refractivity (Wildman–Crippen MR) is 105 cm³/mol. The number of anilines is 1. The summed E-state index contributed by atoms with van der Waals surface area (Å²) in [6.45, 7) is 5.06. The highest BCUT2D eigenvalue weighted by Crippen LogP contribution is 2.22. The number of benzene rings is 1. The summed E-state index contributed by atoms with van der Waals surface area (Å²) < 4.78 is 0. The number of nitrogens with zero attached hydrogens (tertiary/aromatic N) is 2. The Morgan fingerprint density at radius 2 is 1.92 bits per heavy atom. The first-order valence-corrected chi connectivity index (χ1v) is 9.66. The molecule has 1 fully saturated rings. The van der Waals surface area contributed by atoms with Crippen molar-refractivity contribution < 1.29 is 9.59 Å². The normalized spacial score (nSPS) is 15.8. The minimum Gasteiger partial charge on any atom is -0.339 e. The number of amides is 2. The number of carbonyl (C=O) groups excluding carboxylic acids is 2. The average molecular weight is 369 g/mol. The largest absolute Gasteiger partial charge is 0.339 e. The van der Waals surface area contributed by atoms with Crippen LogP contribution in [0.25, 0.3) is 5.57 Å². The summed E-state index contributed by atoms with van der Waals surface area (Å²) in [7, 11) is 0. The first-order valence-electron chi connectivity index (χ1n) is 8.78. The van der Waals surface area contributed by atoms with Crippen molar-refractivity contribution in [2.75, 3.05) is 18.4 Å². The van der Waals surface area contributed by atoms with Crippen molar-refractivity contribution in [1.82, 2.24) is 9.88 Å². The standard InChI is InChI=1S/C20H23N3O2S/c1-14(16-6-4-3-5-7-16)12-18(24)23-10-8-17(9-11-23)19(25)22-20-21-15(2)13-26-20/h3-7,12-13,17H,8-11H2,1-2H3,(H,21,22,25). The van der Waals surface area contributed by atoms with Crippen LogP contribution >= 0.6 is 11.3 Å². The Morgan fingerprint density at radius 1 is 1.23 bits per heavy atom. The lowest BCUT2D eigenvalue weighted by Crippen LogP contribution is -2.40. The average Bonchev–Trinajstić information content (AvgIpc) is 3.07. The van der Waals surface area contributed by atoms with Crippen LogP contribution in [0.1, 0.15) is 31.0 Å². The van der Waals surface area contributed by atoms with E-state index in [4.69, 9.17) is 0 Å². The molecule has 136 valence electrons. The fourth-order valence-electron chi connectivity index (χ4n) is 3.04. The second-order valence-corrected chi connectivity index (χ2v) is 7.43. The number of hydrogen-bond donors (Lipinski definition) is 1. The van der Waals surface area contributed by atoms with Crippen molar-refractivity contribution >= 4 is 33.9 Å². The molecule has 0 aliphatic carbocycles. The molecule has 1 aliphatic heterocycles. The van der Waals surface area contributed by atoms with E-state index in [9.17, 15) is 9.59 Å². The molecule has 1 aromatic carbocycles. The van der Waals surface area contributed by atoms with Crippen molar-refractivity contribution in [3.05, 3.63) is 53.0 Å². The van der Waals surface area contributed by atoms with Crippen molar-refractivity contribution in [2.24, 2.45) is 5.92 Å². The van der Waals surface area contributed by atoms with E-state index < -0.39 is 0 Å². The van der Waals surface area contributed by atoms with Crippen molar-refractivity contribution in [2.45, 2.75) is 26.7 Å². The highest BCUT2D eigenvalue weighted by molar-refractivity contribution is 7.13. The first-order chi connectivity index (χ1) is 12.5. The van der Waals surface area contributed by atoms with Gasteiger partial charge in [-0.15, -0.1) is 11.3 Å². The monoisotopic (exact) mass is 369 g/mol. The van der Waals surface area contributed by atoms with Crippen LogP contribution in [0.4, 0.5) is 5.13 Å². The number of piperidine rings is 1. The van der Waals surface area contributed by atoms with Gasteiger partial charge in [0, 0.05) is 30.5 Å². The molecule has 2 amide bonds. The van der Waals surface area contributed by atoms with Crippen LogP contribution < -0.4 is 5.32 Å². The first kappa shape index (κ1) is 18.3. The van der Waals surface area contributed by atoms with Gasteiger partial charge >= 0.3 is 0 Å². The predicted octanol–water partition coefficient (Wildman–Crippen LogP) is 3.73. The Bertz CT molecular complexity index is 805. The van der Waals surface area contributed by atoms with Gasteiger partial charge < -0.3 is 10.2 Å². The molecule has 3 rings (SSSR count). The van der Waals surface area contributed by atoms with Gasteiger partial charge in [0.05, 0.1) is 5.69 Å². The van der Waals surface area contributed by atoms with Gasteiger partial charge in [0.15, 0.2) is 5.13 Å². The Morgan fingerprint density at radius 3 is 2.54 bits per heavy atom. The molecule has 1 N–H and O–H groups in total. The lowest BCUT2D eigenvalue weighted by Gasteiger charge is -2.30. The number of likely N-dealkylation sites (tertiary alicyclic amines) is 1. The quantitative estimate of drug-likeness (QED) is 0.835. The summed E-state index contributed by atoms with van der Waals surface area (Å²) in [5, 5.41) is 5.44. The molecule has 0 unspecified atom stereocenters. The topological polar surface area (TPSA) is 62.3 Å². The van der Waals surface area contributed by atoms with Gasteiger partial charge in [0.2, 0.25) is 11.8 Å². The number of hydrogen-bond acceptors (Lipinski definition) is 4. The van der Waals surface area contributed by atoms with Crippen LogP contribution in [-0.2, 0) is 9.59 Å². The van der Waals surface area contributed by atoms with Gasteiger partial charge in [-0.3, -0.25) is 9.59 Å². The Balaban J connectivity index is 1.53. The van der Waals surface area contributed by atoms with Gasteiger partial charge in [-0.2, -0.15) is 0 Å². The van der Waals surface area contributed by atoms with Gasteiger partial charge in [-0.25, -0.2) is 4.98 Å². The molecular weight excluding hydrogens is 346 g/mol. The fraction of sp³-hybridized carbons (Fsp3) is 0.350. The number of aromatic nitrogens is 1. The summed E-state index contributed by atoms with van der Waals surface area (Å²) in [5.41, 5.74) is 2.91. The number of rotatable bonds is 4. The molecule has 26 heavy (non-hydrogen) atoms. The molecule has 2 aromatic rings. The zero-order valence-corrected chi connectivity index (χ0v) is 15.9. The third kappa shape index (κ3) is 4.58. The van der Waals surface area contributed by atoms with Crippen molar-refractivity contribution in [3.8, 4) is 0 Å². The molecule has 5 nitrogen and oxygen atoms in total. The Labute approximate surface area is 157 Å². The molecule has 0 atom stereocenters. The molecule has 1 aliphatic rings. The maximum atomic E-state index is 12.5. The molecule has 2 heterocycles. The van der Waals surface area contributed by atoms with E-state index in [1.54, 1.807) is 6.08 Å². The molecule has 1 saturated heterocycles. The van der Waals surface area contributed by atoms with Crippen LogP contribution in [0.15, 0.2) is 41.8 Å². The van der Waals surface area contributed by atoms with E-state index in [0.717, 1.165) is 16.8 Å². The second-order valence-electron chi connectivity index (χ2n) is 6.58. The smallest absolute Gasteiger partial charge is 0.246 e. The number of nitrogens with one attached hydrogen (secondary N) is 1. The number of allylic oxidation sites excluding steroid dienone is 1. The molecule has 1 aromatic heterocycles. The maximum absolute atomic E-state index is 12.5. The molecule has 0 saturated carbocycles. The van der Waals surface area contributed by atoms with E-state index >= 15 is 0 Å². The summed E-state index contributed by atoms with van der Waals surface area (Å²) in [6.07, 6.45) is 3.05. The minimum absolute atomic E-state index is 0.00228. The van der Waals surface area contributed by atoms with Crippen molar-refractivity contribution in [3.63, 3.8) is 0 Å². The van der Waals surface area contributed by atoms with Gasteiger partial charge in [0.1, 0.15) is 0 Å². The van der Waals surface area contributed by atoms with Crippen molar-refractivity contribution in [1.29, 1.82) is 0 Å². The molecule has 0 bridgehead atoms. The second kappa shape index (κ2) is 8.27. The minimum atomic E-state index is -0.0672. The number of aryl methyl sites for hydroxylation is 1. The third-order valence-corrected chi connectivity index (χ3v) is 5.47. The summed E-state index contributed by atoms with van der Waals surface area (Å²) >= 11 is 1.44. The van der Waals surface area contributed by atoms with E-state index in [2.05, 4.69) is 10.3 Å². The molecule has 0 radical (unpaired) electrons. The SMILES string of the molecule is CC(=CC(=O)N1CCC(C(=O)Nc2nc(C)cs2)CC1)c1ccccc1. The summed E-state index contributed by atoms with van der Waals surface area (Å²) in [5.74, 6) is -0.0503. The van der Waals surface area contributed by atoms with Crippen LogP contribution in [0.5, 0.6) is 0 Å². The van der Waals surface area contributed by atoms with Gasteiger partial charge in [-0.1, -0.05) is 30.3 Å². The zero-order valence-electron chi connectivity index (χ0n) is 15.1. The lowest BCUT2D eigenvalue weighted by molar-refractivity contribution is -0.130. The Kier molecular flexibility index (Phi) is 5.83. The fourth-order valence-corrected chi connectivity index (χ4v) is 3.73. The van der Waals surface area contributed by atoms with Crippen LogP contribution in [0.2, 0.25) is 0 Å². The van der Waals surface area contributed by atoms with Gasteiger partial charge in [0.25, 0.3) is 0 Å². The van der Waals surface area contributed by atoms with E-state index in [0.29, 0.717) is 31.1 Å². The highest BCUT2D eigenvalue weighted by atomic mass is 32.1. The number of thiazole rings is 1. The summed E-state index contributed by atoms with van der Waals surface area (Å²) in [6, 6.07) is 9.88. The summed E-state index contributed by atoms with van der Waals surface area (Å²) in [4.78, 5) is 30.9. The van der Waals surface area contributed by atoms with E-state index in [-0.39, 0.29) is 17.7 Å². The Hall–Kier alpha value is -2.47. The molecule has 0 spiro atoms. The molecular formula is C20H23N3O2S. The van der Waals surface area contributed by atoms with E-state index in [1.807, 2.05) is 54.5 Å². The third-order valence-electron chi connectivity index (χ3n) is 4.60.